The zero-order valence-corrected chi connectivity index (χ0v) is 21.7. The number of carbonyl (C=O) groups is 1. The van der Waals surface area contributed by atoms with Crippen molar-refractivity contribution >= 4 is 40.4 Å². The van der Waals surface area contributed by atoms with Crippen molar-refractivity contribution in [1.82, 2.24) is 4.57 Å². The van der Waals surface area contributed by atoms with Gasteiger partial charge in [0.15, 0.2) is 4.80 Å². The van der Waals surface area contributed by atoms with Crippen LogP contribution in [-0.4, -0.2) is 22.1 Å². The molecule has 188 valence electrons. The van der Waals surface area contributed by atoms with E-state index in [1.807, 2.05) is 17.5 Å². The van der Waals surface area contributed by atoms with Gasteiger partial charge in [-0.15, -0.1) is 11.3 Å². The fourth-order valence-corrected chi connectivity index (χ4v) is 6.06. The molecule has 1 aliphatic heterocycles. The van der Waals surface area contributed by atoms with E-state index in [2.05, 4.69) is 4.99 Å². The van der Waals surface area contributed by atoms with E-state index < -0.39 is 16.9 Å². The lowest BCUT2D eigenvalue weighted by Gasteiger charge is -2.23. The van der Waals surface area contributed by atoms with Crippen molar-refractivity contribution in [2.75, 3.05) is 6.61 Å². The van der Waals surface area contributed by atoms with Crippen LogP contribution in [-0.2, 0) is 9.53 Å². The molecule has 0 amide bonds. The first kappa shape index (κ1) is 24.6. The van der Waals surface area contributed by atoms with E-state index in [9.17, 15) is 19.7 Å². The summed E-state index contributed by atoms with van der Waals surface area (Å²) in [5, 5.41) is 13.4. The van der Waals surface area contributed by atoms with Crippen LogP contribution in [0.3, 0.4) is 0 Å². The van der Waals surface area contributed by atoms with Gasteiger partial charge in [-0.05, 0) is 56.0 Å². The number of nitrogens with zero attached hydrogens (tertiary/aromatic N) is 3. The van der Waals surface area contributed by atoms with Gasteiger partial charge in [0, 0.05) is 17.0 Å². The third-order valence-corrected chi connectivity index (χ3v) is 7.75. The molecule has 4 heterocycles. The molecule has 1 unspecified atom stereocenters. The highest BCUT2D eigenvalue weighted by Crippen LogP contribution is 2.34. The number of hydrogen-bond donors (Lipinski definition) is 0. The van der Waals surface area contributed by atoms with Gasteiger partial charge in [0.1, 0.15) is 17.6 Å². The maximum absolute atomic E-state index is 13.6. The number of furan rings is 1. The van der Waals surface area contributed by atoms with Crippen molar-refractivity contribution in [3.8, 4) is 11.3 Å². The number of allylic oxidation sites excluding steroid dienone is 1. The Labute approximate surface area is 218 Å². The maximum atomic E-state index is 13.6. The number of thiazole rings is 1. The highest BCUT2D eigenvalue weighted by atomic mass is 32.1. The summed E-state index contributed by atoms with van der Waals surface area (Å²) in [4.78, 5) is 43.4. The van der Waals surface area contributed by atoms with Crippen LogP contribution in [0.15, 0.2) is 73.3 Å². The normalized spacial score (nSPS) is 15.4. The summed E-state index contributed by atoms with van der Waals surface area (Å²) in [6, 6.07) is 11.3. The van der Waals surface area contributed by atoms with Crippen LogP contribution in [0.25, 0.3) is 17.4 Å². The monoisotopic (exact) mass is 535 g/mol. The fourth-order valence-electron chi connectivity index (χ4n) is 4.21. The second-order valence-corrected chi connectivity index (χ2v) is 10.3. The second kappa shape index (κ2) is 9.75. The Hall–Kier alpha value is -4.09. The van der Waals surface area contributed by atoms with Crippen LogP contribution in [0.2, 0.25) is 0 Å². The number of nitro groups is 1. The summed E-state index contributed by atoms with van der Waals surface area (Å²) >= 11 is 2.62. The molecular formula is C26H21N3O6S2. The first-order chi connectivity index (χ1) is 17.8. The lowest BCUT2D eigenvalue weighted by molar-refractivity contribution is -0.384. The first-order valence-electron chi connectivity index (χ1n) is 11.4. The minimum Gasteiger partial charge on any atom is -0.463 e. The lowest BCUT2D eigenvalue weighted by atomic mass is 10.0. The highest BCUT2D eigenvalue weighted by molar-refractivity contribution is 7.10. The Morgan fingerprint density at radius 3 is 2.78 bits per heavy atom. The number of carbonyl (C=O) groups excluding carboxylic acids is 1. The summed E-state index contributed by atoms with van der Waals surface area (Å²) < 4.78 is 13.0. The maximum Gasteiger partial charge on any atom is 0.338 e. The number of hydrogen-bond acceptors (Lipinski definition) is 9. The SMILES string of the molecule is CCOC(=O)C1=C(C)N=c2s/c(=C\c3ccc(-c4ccc(C)cc4[N+](=O)[O-])o3)c(=O)n2C1c1cccs1. The number of fused-ring (bicyclic) bond motifs is 1. The number of benzene rings is 1. The molecule has 0 aliphatic carbocycles. The predicted molar refractivity (Wildman–Crippen MR) is 140 cm³/mol. The van der Waals surface area contributed by atoms with Gasteiger partial charge in [-0.25, -0.2) is 9.79 Å². The topological polar surface area (TPSA) is 117 Å². The van der Waals surface area contributed by atoms with Crippen molar-refractivity contribution < 1.29 is 18.9 Å². The van der Waals surface area contributed by atoms with E-state index in [1.54, 1.807) is 51.1 Å². The number of ether oxygens (including phenoxy) is 1. The molecule has 11 heteroatoms. The van der Waals surface area contributed by atoms with Crippen LogP contribution >= 0.6 is 22.7 Å². The summed E-state index contributed by atoms with van der Waals surface area (Å²) in [7, 11) is 0. The average molecular weight is 536 g/mol. The minimum atomic E-state index is -0.653. The zero-order chi connectivity index (χ0) is 26.3. The molecule has 0 fully saturated rings. The molecular weight excluding hydrogens is 514 g/mol. The summed E-state index contributed by atoms with van der Waals surface area (Å²) in [5.74, 6) is 0.179. The summed E-state index contributed by atoms with van der Waals surface area (Å²) in [6.07, 6.45) is 1.59. The van der Waals surface area contributed by atoms with Gasteiger partial charge < -0.3 is 9.15 Å². The Morgan fingerprint density at radius 1 is 1.27 bits per heavy atom. The van der Waals surface area contributed by atoms with E-state index in [0.29, 0.717) is 37.7 Å². The number of rotatable bonds is 6. The van der Waals surface area contributed by atoms with Crippen LogP contribution in [0.1, 0.15) is 36.1 Å². The molecule has 9 nitrogen and oxygen atoms in total. The van der Waals surface area contributed by atoms with Crippen molar-refractivity contribution in [2.45, 2.75) is 26.8 Å². The Bertz CT molecular complexity index is 1740. The molecule has 0 N–H and O–H groups in total. The van der Waals surface area contributed by atoms with Gasteiger partial charge in [-0.1, -0.05) is 23.5 Å². The van der Waals surface area contributed by atoms with Gasteiger partial charge in [0.05, 0.1) is 32.9 Å². The second-order valence-electron chi connectivity index (χ2n) is 8.30. The van der Waals surface area contributed by atoms with Crippen molar-refractivity contribution in [2.24, 2.45) is 4.99 Å². The summed E-state index contributed by atoms with van der Waals surface area (Å²) in [5.41, 5.74) is 1.56. The average Bonchev–Trinajstić information content (AvgIpc) is 3.60. The Morgan fingerprint density at radius 2 is 2.08 bits per heavy atom. The zero-order valence-electron chi connectivity index (χ0n) is 20.1. The molecule has 0 spiro atoms. The minimum absolute atomic E-state index is 0.0572. The molecule has 0 saturated carbocycles. The van der Waals surface area contributed by atoms with Crippen LogP contribution < -0.4 is 14.9 Å². The molecule has 3 aromatic heterocycles. The van der Waals surface area contributed by atoms with Crippen LogP contribution in [0.5, 0.6) is 0 Å². The standard InChI is InChI=1S/C26H21N3O6S2/c1-4-34-25(31)22-15(3)27-26-28(23(22)20-6-5-11-36-20)24(30)21(37-26)13-16-8-10-19(35-16)17-9-7-14(2)12-18(17)29(32)33/h5-13,23H,4H2,1-3H3/b21-13-. The number of aromatic nitrogens is 1. The smallest absolute Gasteiger partial charge is 0.338 e. The first-order valence-corrected chi connectivity index (χ1v) is 13.1. The van der Waals surface area contributed by atoms with Crippen molar-refractivity contribution in [3.05, 3.63) is 105 Å². The van der Waals surface area contributed by atoms with E-state index in [1.165, 1.54) is 33.3 Å². The molecule has 37 heavy (non-hydrogen) atoms. The Kier molecular flexibility index (Phi) is 6.48. The molecule has 1 atom stereocenters. The van der Waals surface area contributed by atoms with Gasteiger partial charge in [0.2, 0.25) is 0 Å². The largest absolute Gasteiger partial charge is 0.463 e. The molecule has 5 rings (SSSR count). The molecule has 1 aliphatic rings. The van der Waals surface area contributed by atoms with Gasteiger partial charge in [-0.3, -0.25) is 19.5 Å². The molecule has 4 aromatic rings. The van der Waals surface area contributed by atoms with Gasteiger partial charge in [-0.2, -0.15) is 0 Å². The third-order valence-electron chi connectivity index (χ3n) is 5.85. The van der Waals surface area contributed by atoms with E-state index >= 15 is 0 Å². The number of aryl methyl sites for hydroxylation is 1. The molecule has 0 radical (unpaired) electrons. The van der Waals surface area contributed by atoms with E-state index in [0.717, 1.165) is 10.4 Å². The number of esters is 1. The summed E-state index contributed by atoms with van der Waals surface area (Å²) in [6.45, 7) is 5.45. The van der Waals surface area contributed by atoms with Crippen molar-refractivity contribution in [1.29, 1.82) is 0 Å². The Balaban J connectivity index is 1.62. The molecule has 0 saturated heterocycles. The third kappa shape index (κ3) is 4.47. The van der Waals surface area contributed by atoms with Crippen LogP contribution in [0, 0.1) is 17.0 Å². The quantitative estimate of drug-likeness (QED) is 0.206. The fraction of sp³-hybridized carbons (Fsp3) is 0.192. The van der Waals surface area contributed by atoms with E-state index in [-0.39, 0.29) is 17.9 Å². The number of nitro benzene ring substituents is 1. The van der Waals surface area contributed by atoms with Gasteiger partial charge in [0.25, 0.3) is 11.2 Å². The molecule has 1 aromatic carbocycles. The van der Waals surface area contributed by atoms with E-state index in [4.69, 9.17) is 9.15 Å². The van der Waals surface area contributed by atoms with Gasteiger partial charge >= 0.3 is 5.97 Å². The molecule has 0 bridgehead atoms. The predicted octanol–water partition coefficient (Wildman–Crippen LogP) is 4.34. The van der Waals surface area contributed by atoms with Crippen molar-refractivity contribution in [3.63, 3.8) is 0 Å². The van der Waals surface area contributed by atoms with Crippen LogP contribution in [0.4, 0.5) is 5.69 Å². The highest BCUT2D eigenvalue weighted by Gasteiger charge is 2.34. The lowest BCUT2D eigenvalue weighted by Crippen LogP contribution is -2.39. The number of thiophene rings is 1.